The highest BCUT2D eigenvalue weighted by Crippen LogP contribution is 2.27. The normalized spacial score (nSPS) is 16.0. The second kappa shape index (κ2) is 6.09. The van der Waals surface area contributed by atoms with Crippen LogP contribution in [0.5, 0.6) is 5.75 Å². The van der Waals surface area contributed by atoms with Gasteiger partial charge in [-0.3, -0.25) is 0 Å². The molecule has 0 radical (unpaired) electrons. The third-order valence-corrected chi connectivity index (χ3v) is 5.63. The summed E-state index contributed by atoms with van der Waals surface area (Å²) in [7, 11) is 0. The van der Waals surface area contributed by atoms with Gasteiger partial charge in [-0.25, -0.2) is 9.50 Å². The maximum absolute atomic E-state index is 6.17. The molecule has 5 nitrogen and oxygen atoms in total. The SMILES string of the molecule is Cc1cn2nc(N3CCC(Oc4ccc(C)c(C)c4)CC3)sc2n1. The summed E-state index contributed by atoms with van der Waals surface area (Å²) in [5.41, 5.74) is 3.60. The highest BCUT2D eigenvalue weighted by atomic mass is 32.1. The largest absolute Gasteiger partial charge is 0.490 e. The summed E-state index contributed by atoms with van der Waals surface area (Å²) in [6, 6.07) is 6.35. The number of hydrogen-bond acceptors (Lipinski definition) is 5. The molecule has 0 amide bonds. The van der Waals surface area contributed by atoms with E-state index in [0.29, 0.717) is 0 Å². The van der Waals surface area contributed by atoms with Gasteiger partial charge in [0.05, 0.1) is 11.9 Å². The van der Waals surface area contributed by atoms with Crippen LogP contribution in [0.25, 0.3) is 4.96 Å². The molecule has 0 atom stereocenters. The molecule has 0 unspecified atom stereocenters. The molecule has 0 spiro atoms. The minimum absolute atomic E-state index is 0.287. The standard InChI is InChI=1S/C18H22N4OS/c1-12-4-5-16(10-13(12)2)23-15-6-8-21(9-7-15)18-20-22-11-14(3)19-17(22)24-18/h4-5,10-11,15H,6-9H2,1-3H3. The second-order valence-corrected chi connectivity index (χ2v) is 7.48. The summed E-state index contributed by atoms with van der Waals surface area (Å²) >= 11 is 1.66. The van der Waals surface area contributed by atoms with Gasteiger partial charge in [-0.05, 0) is 44.0 Å². The summed E-state index contributed by atoms with van der Waals surface area (Å²) in [4.78, 5) is 7.79. The number of nitrogens with zero attached hydrogens (tertiary/aromatic N) is 4. The lowest BCUT2D eigenvalue weighted by Crippen LogP contribution is -2.38. The van der Waals surface area contributed by atoms with Crippen LogP contribution < -0.4 is 9.64 Å². The topological polar surface area (TPSA) is 42.7 Å². The smallest absolute Gasteiger partial charge is 0.214 e. The molecule has 4 rings (SSSR count). The van der Waals surface area contributed by atoms with Crippen LogP contribution in [0.4, 0.5) is 5.13 Å². The van der Waals surface area contributed by atoms with Crippen molar-refractivity contribution >= 4 is 21.4 Å². The number of fused-ring (bicyclic) bond motifs is 1. The van der Waals surface area contributed by atoms with Crippen LogP contribution in [-0.2, 0) is 0 Å². The highest BCUT2D eigenvalue weighted by Gasteiger charge is 2.23. The Morgan fingerprint density at radius 3 is 2.62 bits per heavy atom. The predicted octanol–water partition coefficient (Wildman–Crippen LogP) is 3.76. The molecule has 1 fully saturated rings. The number of anilines is 1. The van der Waals surface area contributed by atoms with E-state index in [1.165, 1.54) is 11.1 Å². The molecule has 1 aromatic carbocycles. The van der Waals surface area contributed by atoms with E-state index in [0.717, 1.165) is 47.5 Å². The van der Waals surface area contributed by atoms with Crippen LogP contribution >= 0.6 is 11.3 Å². The first kappa shape index (κ1) is 15.4. The van der Waals surface area contributed by atoms with Crippen molar-refractivity contribution in [2.45, 2.75) is 39.7 Å². The van der Waals surface area contributed by atoms with E-state index in [2.05, 4.69) is 47.0 Å². The summed E-state index contributed by atoms with van der Waals surface area (Å²) < 4.78 is 8.06. The molecular weight excluding hydrogens is 320 g/mol. The van der Waals surface area contributed by atoms with Gasteiger partial charge in [0, 0.05) is 25.9 Å². The van der Waals surface area contributed by atoms with Crippen molar-refractivity contribution in [2.75, 3.05) is 18.0 Å². The fourth-order valence-electron chi connectivity index (χ4n) is 3.07. The maximum Gasteiger partial charge on any atom is 0.214 e. The molecular formula is C18H22N4OS. The second-order valence-electron chi connectivity index (χ2n) is 6.54. The van der Waals surface area contributed by atoms with Crippen LogP contribution in [0.2, 0.25) is 0 Å². The zero-order chi connectivity index (χ0) is 16.7. The molecule has 3 heterocycles. The van der Waals surface area contributed by atoms with E-state index in [9.17, 15) is 0 Å². The summed E-state index contributed by atoms with van der Waals surface area (Å²) in [6.45, 7) is 8.21. The van der Waals surface area contributed by atoms with E-state index in [1.807, 2.05) is 17.6 Å². The molecule has 0 aliphatic carbocycles. The number of hydrogen-bond donors (Lipinski definition) is 0. The third-order valence-electron chi connectivity index (χ3n) is 4.65. The van der Waals surface area contributed by atoms with E-state index in [4.69, 9.17) is 4.74 Å². The summed E-state index contributed by atoms with van der Waals surface area (Å²) in [5, 5.41) is 5.70. The first-order valence-corrected chi connectivity index (χ1v) is 9.22. The van der Waals surface area contributed by atoms with Crippen LogP contribution in [0.1, 0.15) is 29.7 Å². The number of benzene rings is 1. The van der Waals surface area contributed by atoms with Gasteiger partial charge in [0.15, 0.2) is 0 Å². The Kier molecular flexibility index (Phi) is 3.92. The van der Waals surface area contributed by atoms with Gasteiger partial charge < -0.3 is 9.64 Å². The minimum Gasteiger partial charge on any atom is -0.490 e. The molecule has 0 saturated carbocycles. The fraction of sp³-hybridized carbons (Fsp3) is 0.444. The van der Waals surface area contributed by atoms with E-state index in [-0.39, 0.29) is 6.10 Å². The first-order chi connectivity index (χ1) is 11.6. The Labute approximate surface area is 145 Å². The van der Waals surface area contributed by atoms with Gasteiger partial charge in [0.25, 0.3) is 0 Å². The van der Waals surface area contributed by atoms with Crippen LogP contribution in [0.15, 0.2) is 24.4 Å². The maximum atomic E-state index is 6.17. The van der Waals surface area contributed by atoms with Crippen molar-refractivity contribution in [3.8, 4) is 5.75 Å². The first-order valence-electron chi connectivity index (χ1n) is 8.40. The number of aryl methyl sites for hydroxylation is 3. The lowest BCUT2D eigenvalue weighted by Gasteiger charge is -2.31. The van der Waals surface area contributed by atoms with Gasteiger partial charge in [-0.2, -0.15) is 0 Å². The Morgan fingerprint density at radius 1 is 1.12 bits per heavy atom. The molecule has 0 bridgehead atoms. The quantitative estimate of drug-likeness (QED) is 0.727. The summed E-state index contributed by atoms with van der Waals surface area (Å²) in [6.07, 6.45) is 4.31. The molecule has 2 aromatic heterocycles. The summed E-state index contributed by atoms with van der Waals surface area (Å²) in [5.74, 6) is 0.986. The highest BCUT2D eigenvalue weighted by molar-refractivity contribution is 7.20. The zero-order valence-corrected chi connectivity index (χ0v) is 15.1. The average molecular weight is 342 g/mol. The van der Waals surface area contributed by atoms with E-state index >= 15 is 0 Å². The number of aromatic nitrogens is 3. The number of imidazole rings is 1. The van der Waals surface area contributed by atoms with Gasteiger partial charge in [0.1, 0.15) is 11.9 Å². The minimum atomic E-state index is 0.287. The van der Waals surface area contributed by atoms with Gasteiger partial charge in [-0.15, -0.1) is 5.10 Å². The Morgan fingerprint density at radius 2 is 1.92 bits per heavy atom. The van der Waals surface area contributed by atoms with Crippen LogP contribution in [0, 0.1) is 20.8 Å². The van der Waals surface area contributed by atoms with Crippen LogP contribution in [-0.4, -0.2) is 33.8 Å². The van der Waals surface area contributed by atoms with Gasteiger partial charge in [-0.1, -0.05) is 17.4 Å². The van der Waals surface area contributed by atoms with E-state index < -0.39 is 0 Å². The fourth-order valence-corrected chi connectivity index (χ4v) is 4.05. The Hall–Kier alpha value is -2.08. The van der Waals surface area contributed by atoms with Gasteiger partial charge >= 0.3 is 0 Å². The number of rotatable bonds is 3. The molecule has 1 saturated heterocycles. The van der Waals surface area contributed by atoms with Crippen molar-refractivity contribution in [3.63, 3.8) is 0 Å². The lowest BCUT2D eigenvalue weighted by atomic mass is 10.1. The van der Waals surface area contributed by atoms with Crippen LogP contribution in [0.3, 0.4) is 0 Å². The van der Waals surface area contributed by atoms with Gasteiger partial charge in [0.2, 0.25) is 10.1 Å². The molecule has 6 heteroatoms. The Balaban J connectivity index is 1.38. The molecule has 1 aliphatic heterocycles. The molecule has 24 heavy (non-hydrogen) atoms. The zero-order valence-electron chi connectivity index (χ0n) is 14.3. The van der Waals surface area contributed by atoms with Crippen molar-refractivity contribution in [1.82, 2.24) is 14.6 Å². The van der Waals surface area contributed by atoms with E-state index in [1.54, 1.807) is 11.3 Å². The Bertz CT molecular complexity index is 830. The van der Waals surface area contributed by atoms with Crippen molar-refractivity contribution in [3.05, 3.63) is 41.2 Å². The van der Waals surface area contributed by atoms with Crippen molar-refractivity contribution in [1.29, 1.82) is 0 Å². The monoisotopic (exact) mass is 342 g/mol. The number of piperidine rings is 1. The molecule has 1 aliphatic rings. The predicted molar refractivity (Wildman–Crippen MR) is 97.4 cm³/mol. The molecule has 0 N–H and O–H groups in total. The lowest BCUT2D eigenvalue weighted by molar-refractivity contribution is 0.171. The number of ether oxygens (including phenoxy) is 1. The molecule has 3 aromatic rings. The third kappa shape index (κ3) is 2.98. The van der Waals surface area contributed by atoms with Crippen molar-refractivity contribution in [2.24, 2.45) is 0 Å². The van der Waals surface area contributed by atoms with Crippen molar-refractivity contribution < 1.29 is 4.74 Å². The molecule has 126 valence electrons. The average Bonchev–Trinajstić information content (AvgIpc) is 3.09.